The SMILES string of the molecule is CCNc1nc(Cl)nc(NC2CCCC(C)C2)n1. The number of nitrogens with one attached hydrogen (secondary N) is 2. The van der Waals surface area contributed by atoms with Crippen LogP contribution in [0.5, 0.6) is 0 Å². The van der Waals surface area contributed by atoms with Gasteiger partial charge in [-0.05, 0) is 37.3 Å². The largest absolute Gasteiger partial charge is 0.354 e. The molecule has 0 aromatic carbocycles. The highest BCUT2D eigenvalue weighted by atomic mass is 35.5. The Labute approximate surface area is 113 Å². The van der Waals surface area contributed by atoms with E-state index in [1.807, 2.05) is 6.92 Å². The Hall–Kier alpha value is -1.10. The van der Waals surface area contributed by atoms with Gasteiger partial charge in [-0.2, -0.15) is 15.0 Å². The molecule has 18 heavy (non-hydrogen) atoms. The van der Waals surface area contributed by atoms with Gasteiger partial charge < -0.3 is 10.6 Å². The van der Waals surface area contributed by atoms with E-state index in [2.05, 4.69) is 32.5 Å². The zero-order valence-electron chi connectivity index (χ0n) is 10.9. The van der Waals surface area contributed by atoms with Gasteiger partial charge in [0.2, 0.25) is 17.2 Å². The Morgan fingerprint density at radius 1 is 1.22 bits per heavy atom. The third-order valence-electron chi connectivity index (χ3n) is 3.21. The third-order valence-corrected chi connectivity index (χ3v) is 3.38. The maximum absolute atomic E-state index is 5.89. The Balaban J connectivity index is 2.03. The summed E-state index contributed by atoms with van der Waals surface area (Å²) in [7, 11) is 0. The number of hydrogen-bond donors (Lipinski definition) is 2. The Bertz CT molecular complexity index is 398. The first-order valence-electron chi connectivity index (χ1n) is 6.59. The van der Waals surface area contributed by atoms with Crippen molar-refractivity contribution in [2.75, 3.05) is 17.2 Å². The molecule has 5 nitrogen and oxygen atoms in total. The van der Waals surface area contributed by atoms with Crippen molar-refractivity contribution in [2.24, 2.45) is 5.92 Å². The average molecular weight is 270 g/mol. The minimum atomic E-state index is 0.229. The topological polar surface area (TPSA) is 62.7 Å². The lowest BCUT2D eigenvalue weighted by molar-refractivity contribution is 0.357. The first-order valence-corrected chi connectivity index (χ1v) is 6.97. The molecule has 0 aliphatic heterocycles. The van der Waals surface area contributed by atoms with Crippen molar-refractivity contribution in [3.05, 3.63) is 5.28 Å². The molecular weight excluding hydrogens is 250 g/mol. The molecule has 0 amide bonds. The highest BCUT2D eigenvalue weighted by Gasteiger charge is 2.19. The van der Waals surface area contributed by atoms with Crippen LogP contribution in [0.3, 0.4) is 0 Å². The van der Waals surface area contributed by atoms with Crippen molar-refractivity contribution >= 4 is 23.5 Å². The molecule has 1 aromatic heterocycles. The van der Waals surface area contributed by atoms with Gasteiger partial charge in [-0.25, -0.2) is 0 Å². The van der Waals surface area contributed by atoms with E-state index in [4.69, 9.17) is 11.6 Å². The quantitative estimate of drug-likeness (QED) is 0.880. The molecule has 1 fully saturated rings. The molecule has 0 radical (unpaired) electrons. The van der Waals surface area contributed by atoms with Crippen molar-refractivity contribution in [3.63, 3.8) is 0 Å². The van der Waals surface area contributed by atoms with Crippen LogP contribution in [-0.2, 0) is 0 Å². The number of rotatable bonds is 4. The molecule has 2 N–H and O–H groups in total. The lowest BCUT2D eigenvalue weighted by Crippen LogP contribution is -2.27. The van der Waals surface area contributed by atoms with E-state index < -0.39 is 0 Å². The summed E-state index contributed by atoms with van der Waals surface area (Å²) >= 11 is 5.89. The normalized spacial score (nSPS) is 23.7. The summed E-state index contributed by atoms with van der Waals surface area (Å²) in [6.07, 6.45) is 4.92. The van der Waals surface area contributed by atoms with Crippen LogP contribution in [0.1, 0.15) is 39.5 Å². The minimum absolute atomic E-state index is 0.229. The highest BCUT2D eigenvalue weighted by Crippen LogP contribution is 2.25. The molecule has 1 saturated carbocycles. The van der Waals surface area contributed by atoms with Gasteiger partial charge in [0.05, 0.1) is 0 Å². The summed E-state index contributed by atoms with van der Waals surface area (Å²) in [5.41, 5.74) is 0. The number of halogens is 1. The summed E-state index contributed by atoms with van der Waals surface area (Å²) < 4.78 is 0. The Morgan fingerprint density at radius 3 is 2.72 bits per heavy atom. The summed E-state index contributed by atoms with van der Waals surface area (Å²) in [6, 6.07) is 0.446. The molecular formula is C12H20ClN5. The molecule has 1 aliphatic rings. The van der Waals surface area contributed by atoms with Gasteiger partial charge in [-0.1, -0.05) is 19.8 Å². The van der Waals surface area contributed by atoms with E-state index in [1.165, 1.54) is 25.7 Å². The Kier molecular flexibility index (Phi) is 4.58. The summed E-state index contributed by atoms with van der Waals surface area (Å²) in [5, 5.41) is 6.64. The maximum atomic E-state index is 5.89. The molecule has 0 bridgehead atoms. The van der Waals surface area contributed by atoms with E-state index in [-0.39, 0.29) is 5.28 Å². The van der Waals surface area contributed by atoms with Gasteiger partial charge in [-0.3, -0.25) is 0 Å². The van der Waals surface area contributed by atoms with E-state index in [0.717, 1.165) is 12.5 Å². The molecule has 0 saturated heterocycles. The standard InChI is InChI=1S/C12H20ClN5/c1-3-14-11-16-10(13)17-12(18-11)15-9-6-4-5-8(2)7-9/h8-9H,3-7H2,1-2H3,(H2,14,15,16,17,18). The second kappa shape index (κ2) is 6.18. The Morgan fingerprint density at radius 2 is 2.00 bits per heavy atom. The van der Waals surface area contributed by atoms with Crippen molar-refractivity contribution in [1.82, 2.24) is 15.0 Å². The molecule has 0 spiro atoms. The summed E-state index contributed by atoms with van der Waals surface area (Å²) in [4.78, 5) is 12.5. The molecule has 1 aromatic rings. The molecule has 2 unspecified atom stereocenters. The first-order chi connectivity index (χ1) is 8.67. The maximum Gasteiger partial charge on any atom is 0.229 e. The zero-order chi connectivity index (χ0) is 13.0. The van der Waals surface area contributed by atoms with Gasteiger partial charge in [0.15, 0.2) is 0 Å². The van der Waals surface area contributed by atoms with Crippen molar-refractivity contribution < 1.29 is 0 Å². The van der Waals surface area contributed by atoms with Crippen LogP contribution in [0.4, 0.5) is 11.9 Å². The lowest BCUT2D eigenvalue weighted by atomic mass is 9.87. The zero-order valence-corrected chi connectivity index (χ0v) is 11.7. The smallest absolute Gasteiger partial charge is 0.229 e. The fraction of sp³-hybridized carbons (Fsp3) is 0.750. The van der Waals surface area contributed by atoms with Crippen LogP contribution in [0, 0.1) is 5.92 Å². The monoisotopic (exact) mass is 269 g/mol. The number of aromatic nitrogens is 3. The summed E-state index contributed by atoms with van der Waals surface area (Å²) in [5.74, 6) is 1.87. The molecule has 2 rings (SSSR count). The fourth-order valence-corrected chi connectivity index (χ4v) is 2.56. The van der Waals surface area contributed by atoms with Crippen molar-refractivity contribution in [2.45, 2.75) is 45.6 Å². The number of nitrogens with zero attached hydrogens (tertiary/aromatic N) is 3. The van der Waals surface area contributed by atoms with E-state index in [1.54, 1.807) is 0 Å². The predicted octanol–water partition coefficient (Wildman–Crippen LogP) is 2.95. The molecule has 100 valence electrons. The van der Waals surface area contributed by atoms with Crippen molar-refractivity contribution in [1.29, 1.82) is 0 Å². The highest BCUT2D eigenvalue weighted by molar-refractivity contribution is 6.28. The average Bonchev–Trinajstić information content (AvgIpc) is 2.28. The van der Waals surface area contributed by atoms with Crippen LogP contribution in [-0.4, -0.2) is 27.5 Å². The van der Waals surface area contributed by atoms with Gasteiger partial charge in [-0.15, -0.1) is 0 Å². The van der Waals surface area contributed by atoms with E-state index in [9.17, 15) is 0 Å². The second-order valence-electron chi connectivity index (χ2n) is 4.90. The number of hydrogen-bond acceptors (Lipinski definition) is 5. The van der Waals surface area contributed by atoms with Crippen molar-refractivity contribution in [3.8, 4) is 0 Å². The molecule has 2 atom stereocenters. The second-order valence-corrected chi connectivity index (χ2v) is 5.23. The van der Waals surface area contributed by atoms with Crippen LogP contribution >= 0.6 is 11.6 Å². The van der Waals surface area contributed by atoms with Gasteiger partial charge >= 0.3 is 0 Å². The van der Waals surface area contributed by atoms with E-state index >= 15 is 0 Å². The predicted molar refractivity (Wildman–Crippen MR) is 74.0 cm³/mol. The van der Waals surface area contributed by atoms with Crippen LogP contribution in [0.15, 0.2) is 0 Å². The molecule has 1 heterocycles. The molecule has 1 aliphatic carbocycles. The van der Waals surface area contributed by atoms with Gasteiger partial charge in [0.25, 0.3) is 0 Å². The van der Waals surface area contributed by atoms with Crippen LogP contribution < -0.4 is 10.6 Å². The molecule has 6 heteroatoms. The minimum Gasteiger partial charge on any atom is -0.354 e. The first kappa shape index (κ1) is 13.3. The van der Waals surface area contributed by atoms with Crippen LogP contribution in [0.25, 0.3) is 0 Å². The van der Waals surface area contributed by atoms with Gasteiger partial charge in [0, 0.05) is 12.6 Å². The summed E-state index contributed by atoms with van der Waals surface area (Å²) in [6.45, 7) is 5.05. The van der Waals surface area contributed by atoms with Crippen LogP contribution in [0.2, 0.25) is 5.28 Å². The van der Waals surface area contributed by atoms with E-state index in [0.29, 0.717) is 17.9 Å². The third kappa shape index (κ3) is 3.70. The lowest BCUT2D eigenvalue weighted by Gasteiger charge is -2.27. The van der Waals surface area contributed by atoms with Gasteiger partial charge in [0.1, 0.15) is 0 Å². The fourth-order valence-electron chi connectivity index (χ4n) is 2.40. The number of anilines is 2.